The van der Waals surface area contributed by atoms with Crippen molar-refractivity contribution in [2.75, 3.05) is 0 Å². The van der Waals surface area contributed by atoms with Crippen molar-refractivity contribution in [2.45, 2.75) is 91.0 Å². The highest BCUT2D eigenvalue weighted by molar-refractivity contribution is 6.73. The lowest BCUT2D eigenvalue weighted by Crippen LogP contribution is -2.48. The maximum Gasteiger partial charge on any atom is 0.192 e. The van der Waals surface area contributed by atoms with Gasteiger partial charge >= 0.3 is 0 Å². The monoisotopic (exact) mass is 324 g/mol. The van der Waals surface area contributed by atoms with E-state index in [1.807, 2.05) is 0 Å². The highest BCUT2D eigenvalue weighted by Crippen LogP contribution is 2.58. The lowest BCUT2D eigenvalue weighted by atomic mass is 9.62. The third kappa shape index (κ3) is 3.08. The molecule has 0 aromatic heterocycles. The number of hydrogen-bond donors (Lipinski definition) is 0. The molecule has 22 heavy (non-hydrogen) atoms. The second kappa shape index (κ2) is 7.17. The van der Waals surface area contributed by atoms with Gasteiger partial charge in [-0.05, 0) is 61.1 Å². The summed E-state index contributed by atoms with van der Waals surface area (Å²) in [5.74, 6) is 1.46. The Hall–Kier alpha value is -0.153. The first kappa shape index (κ1) is 18.2. The number of rotatable bonds is 7. The second-order valence-corrected chi connectivity index (χ2v) is 12.8. The van der Waals surface area contributed by atoms with Gasteiger partial charge in [-0.2, -0.15) is 0 Å². The van der Waals surface area contributed by atoms with Crippen LogP contribution < -0.4 is 0 Å². The minimum Gasteiger partial charge on any atom is -0.414 e. The van der Waals surface area contributed by atoms with Crippen molar-refractivity contribution in [1.29, 1.82) is 0 Å². The van der Waals surface area contributed by atoms with Crippen molar-refractivity contribution in [3.8, 4) is 0 Å². The molecule has 0 spiro atoms. The fourth-order valence-electron chi connectivity index (χ4n) is 5.58. The number of hydrogen-bond acceptors (Lipinski definition) is 2. The van der Waals surface area contributed by atoms with E-state index in [0.717, 1.165) is 0 Å². The van der Waals surface area contributed by atoms with Crippen LogP contribution in [0, 0.1) is 23.2 Å². The molecule has 5 atom stereocenters. The van der Waals surface area contributed by atoms with E-state index in [9.17, 15) is 4.79 Å². The molecule has 0 aromatic rings. The summed E-state index contributed by atoms with van der Waals surface area (Å²) in [6.45, 7) is 11.6. The van der Waals surface area contributed by atoms with Gasteiger partial charge in [0.05, 0.1) is 0 Å². The van der Waals surface area contributed by atoms with Gasteiger partial charge in [-0.15, -0.1) is 0 Å². The molecule has 128 valence electrons. The summed E-state index contributed by atoms with van der Waals surface area (Å²) in [6, 6.07) is 3.73. The molecule has 0 heterocycles. The van der Waals surface area contributed by atoms with Crippen LogP contribution in [0.4, 0.5) is 0 Å². The molecular weight excluding hydrogens is 288 g/mol. The molecule has 0 aliphatic heterocycles. The Kier molecular flexibility index (Phi) is 5.93. The van der Waals surface area contributed by atoms with E-state index in [-0.39, 0.29) is 5.92 Å². The van der Waals surface area contributed by atoms with Crippen LogP contribution in [0.5, 0.6) is 0 Å². The van der Waals surface area contributed by atoms with Crippen LogP contribution in [-0.4, -0.2) is 20.7 Å². The van der Waals surface area contributed by atoms with Crippen LogP contribution in [0.3, 0.4) is 0 Å². The second-order valence-electron chi connectivity index (χ2n) is 8.08. The molecule has 2 rings (SSSR count). The van der Waals surface area contributed by atoms with Crippen molar-refractivity contribution in [2.24, 2.45) is 23.2 Å². The number of carbonyl (C=O) groups is 1. The van der Waals surface area contributed by atoms with E-state index >= 15 is 0 Å². The van der Waals surface area contributed by atoms with Crippen LogP contribution in [0.15, 0.2) is 0 Å². The Morgan fingerprint density at radius 1 is 1.18 bits per heavy atom. The van der Waals surface area contributed by atoms with E-state index in [2.05, 4.69) is 34.6 Å². The zero-order valence-electron chi connectivity index (χ0n) is 15.4. The van der Waals surface area contributed by atoms with Gasteiger partial charge in [-0.3, -0.25) is 0 Å². The average molecular weight is 325 g/mol. The molecule has 0 saturated heterocycles. The molecular formula is C19H36O2Si. The molecule has 2 fully saturated rings. The molecule has 2 saturated carbocycles. The van der Waals surface area contributed by atoms with Gasteiger partial charge in [0, 0.05) is 12.0 Å². The van der Waals surface area contributed by atoms with E-state index < -0.39 is 8.32 Å². The van der Waals surface area contributed by atoms with Crippen molar-refractivity contribution >= 4 is 14.6 Å². The highest BCUT2D eigenvalue weighted by atomic mass is 28.4. The summed E-state index contributed by atoms with van der Waals surface area (Å²) < 4.78 is 6.92. The Labute approximate surface area is 138 Å². The first-order valence-corrected chi connectivity index (χ1v) is 12.1. The summed E-state index contributed by atoms with van der Waals surface area (Å²) >= 11 is 0. The summed E-state index contributed by atoms with van der Waals surface area (Å²) in [6.07, 6.45) is 7.96. The van der Waals surface area contributed by atoms with Gasteiger partial charge in [-0.1, -0.05) is 41.0 Å². The van der Waals surface area contributed by atoms with Gasteiger partial charge < -0.3 is 9.22 Å². The third-order valence-corrected chi connectivity index (χ3v) is 12.0. The first-order chi connectivity index (χ1) is 10.5. The molecule has 3 unspecified atom stereocenters. The Morgan fingerprint density at radius 2 is 1.82 bits per heavy atom. The van der Waals surface area contributed by atoms with Crippen LogP contribution in [0.1, 0.15) is 66.7 Å². The Bertz CT molecular complexity index is 371. The minimum absolute atomic E-state index is 0.208. The Morgan fingerprint density at radius 3 is 2.36 bits per heavy atom. The summed E-state index contributed by atoms with van der Waals surface area (Å²) in [4.78, 5) is 11.3. The van der Waals surface area contributed by atoms with E-state index in [1.165, 1.54) is 56.5 Å². The largest absolute Gasteiger partial charge is 0.414 e. The highest BCUT2D eigenvalue weighted by Gasteiger charge is 2.53. The summed E-state index contributed by atoms with van der Waals surface area (Å²) in [5, 5.41) is 0. The van der Waals surface area contributed by atoms with Crippen LogP contribution >= 0.6 is 0 Å². The minimum atomic E-state index is -1.52. The maximum absolute atomic E-state index is 11.3. The quantitative estimate of drug-likeness (QED) is 0.461. The van der Waals surface area contributed by atoms with E-state index in [1.54, 1.807) is 0 Å². The molecule has 0 amide bonds. The van der Waals surface area contributed by atoms with Crippen molar-refractivity contribution in [1.82, 2.24) is 0 Å². The lowest BCUT2D eigenvalue weighted by Gasteiger charge is -2.48. The van der Waals surface area contributed by atoms with Crippen molar-refractivity contribution < 1.29 is 9.22 Å². The van der Waals surface area contributed by atoms with Crippen LogP contribution in [0.2, 0.25) is 18.1 Å². The maximum atomic E-state index is 11.3. The summed E-state index contributed by atoms with van der Waals surface area (Å²) in [7, 11) is -1.52. The molecule has 0 radical (unpaired) electrons. The predicted molar refractivity (Wildman–Crippen MR) is 95.5 cm³/mol. The average Bonchev–Trinajstić information content (AvgIpc) is 2.90. The fraction of sp³-hybridized carbons (Fsp3) is 0.947. The smallest absolute Gasteiger partial charge is 0.192 e. The predicted octanol–water partition coefficient (Wildman–Crippen LogP) is 5.43. The molecule has 2 aliphatic rings. The van der Waals surface area contributed by atoms with E-state index in [4.69, 9.17) is 4.43 Å². The molecule has 2 aliphatic carbocycles. The third-order valence-electron chi connectivity index (χ3n) is 7.32. The standard InChI is InChI=1S/C19H36O2Si/c1-6-22(7-2,8-3)21-18-10-9-13-19(5)16(15(4)14-20)11-12-17(18)19/h14-18H,6-13H2,1-5H3/t15?,16?,17?,18-,19+/m0/s1. The van der Waals surface area contributed by atoms with E-state index in [0.29, 0.717) is 23.4 Å². The lowest BCUT2D eigenvalue weighted by molar-refractivity contribution is -0.114. The fourth-order valence-corrected chi connectivity index (χ4v) is 8.51. The Balaban J connectivity index is 2.17. The SMILES string of the molecule is CC[Si](CC)(CC)O[C@H]1CCC[C@]2(C)C(C(C)C=O)CCC12. The normalized spacial score (nSPS) is 36.9. The summed E-state index contributed by atoms with van der Waals surface area (Å²) in [5.41, 5.74) is 0.332. The molecule has 2 nitrogen and oxygen atoms in total. The van der Waals surface area contributed by atoms with Crippen molar-refractivity contribution in [3.05, 3.63) is 0 Å². The molecule has 0 N–H and O–H groups in total. The molecule has 0 bridgehead atoms. The zero-order chi connectivity index (χ0) is 16.4. The van der Waals surface area contributed by atoms with Crippen molar-refractivity contribution in [3.63, 3.8) is 0 Å². The topological polar surface area (TPSA) is 26.3 Å². The number of carbonyl (C=O) groups excluding carboxylic acids is 1. The van der Waals surface area contributed by atoms with Gasteiger partial charge in [0.25, 0.3) is 0 Å². The number of aldehydes is 1. The zero-order valence-corrected chi connectivity index (χ0v) is 16.4. The van der Waals surface area contributed by atoms with Gasteiger partial charge in [-0.25, -0.2) is 0 Å². The first-order valence-electron chi connectivity index (χ1n) is 9.59. The van der Waals surface area contributed by atoms with Gasteiger partial charge in [0.1, 0.15) is 6.29 Å². The van der Waals surface area contributed by atoms with Gasteiger partial charge in [0.15, 0.2) is 8.32 Å². The number of fused-ring (bicyclic) bond motifs is 1. The van der Waals surface area contributed by atoms with Gasteiger partial charge in [0.2, 0.25) is 0 Å². The molecule has 0 aromatic carbocycles. The van der Waals surface area contributed by atoms with Crippen LogP contribution in [-0.2, 0) is 9.22 Å². The van der Waals surface area contributed by atoms with Crippen LogP contribution in [0.25, 0.3) is 0 Å². The molecule has 3 heteroatoms.